The Labute approximate surface area is 115 Å². The predicted octanol–water partition coefficient (Wildman–Crippen LogP) is 2.91. The van der Waals surface area contributed by atoms with Gasteiger partial charge in [-0.3, -0.25) is 0 Å². The summed E-state index contributed by atoms with van der Waals surface area (Å²) in [7, 11) is 0. The van der Waals surface area contributed by atoms with Gasteiger partial charge in [0, 0.05) is 18.8 Å². The van der Waals surface area contributed by atoms with Gasteiger partial charge in [0.25, 0.3) is 0 Å². The molecule has 1 aromatic rings. The Morgan fingerprint density at radius 3 is 2.95 bits per heavy atom. The molecule has 3 nitrogen and oxygen atoms in total. The molecule has 2 heterocycles. The summed E-state index contributed by atoms with van der Waals surface area (Å²) in [5.41, 5.74) is 1.12. The van der Waals surface area contributed by atoms with Crippen molar-refractivity contribution in [3.63, 3.8) is 0 Å². The lowest BCUT2D eigenvalue weighted by Gasteiger charge is -2.27. The summed E-state index contributed by atoms with van der Waals surface area (Å²) in [6.45, 7) is 7.21. The van der Waals surface area contributed by atoms with Crippen LogP contribution in [0.25, 0.3) is 0 Å². The second-order valence-electron chi connectivity index (χ2n) is 6.15. The molecular formula is C16H23NO2. The van der Waals surface area contributed by atoms with Gasteiger partial charge in [-0.2, -0.15) is 0 Å². The molecule has 3 rings (SSSR count). The minimum Gasteiger partial charge on any atom is -0.486 e. The Bertz CT molecular complexity index is 438. The molecule has 0 amide bonds. The normalized spacial score (nSPS) is 28.1. The maximum atomic E-state index is 6.04. The van der Waals surface area contributed by atoms with Crippen LogP contribution in [0.5, 0.6) is 5.75 Å². The average Bonchev–Trinajstić information content (AvgIpc) is 2.96. The van der Waals surface area contributed by atoms with Crippen molar-refractivity contribution in [2.45, 2.75) is 38.3 Å². The Kier molecular flexibility index (Phi) is 3.50. The van der Waals surface area contributed by atoms with E-state index in [4.69, 9.17) is 9.47 Å². The van der Waals surface area contributed by atoms with E-state index in [1.54, 1.807) is 0 Å². The maximum Gasteiger partial charge on any atom is 0.125 e. The zero-order valence-corrected chi connectivity index (χ0v) is 11.8. The molecule has 1 aromatic carbocycles. The van der Waals surface area contributed by atoms with Gasteiger partial charge in [-0.1, -0.05) is 18.2 Å². The highest BCUT2D eigenvalue weighted by molar-refractivity contribution is 5.42. The fourth-order valence-corrected chi connectivity index (χ4v) is 3.13. The van der Waals surface area contributed by atoms with E-state index >= 15 is 0 Å². The van der Waals surface area contributed by atoms with Crippen molar-refractivity contribution in [3.8, 4) is 5.75 Å². The largest absolute Gasteiger partial charge is 0.486 e. The molecule has 1 N–H and O–H groups in total. The molecule has 0 saturated carbocycles. The van der Waals surface area contributed by atoms with E-state index in [9.17, 15) is 0 Å². The highest BCUT2D eigenvalue weighted by Crippen LogP contribution is 2.42. The van der Waals surface area contributed by atoms with Gasteiger partial charge in [0.05, 0.1) is 6.04 Å². The Morgan fingerprint density at radius 2 is 2.16 bits per heavy atom. The van der Waals surface area contributed by atoms with E-state index in [1.807, 2.05) is 6.07 Å². The highest BCUT2D eigenvalue weighted by Gasteiger charge is 2.40. The molecule has 0 aliphatic carbocycles. The Morgan fingerprint density at radius 1 is 1.32 bits per heavy atom. The molecule has 2 unspecified atom stereocenters. The van der Waals surface area contributed by atoms with Gasteiger partial charge >= 0.3 is 0 Å². The van der Waals surface area contributed by atoms with Gasteiger partial charge in [-0.25, -0.2) is 0 Å². The van der Waals surface area contributed by atoms with Crippen molar-refractivity contribution in [2.75, 3.05) is 19.8 Å². The van der Waals surface area contributed by atoms with Crippen LogP contribution in [0.3, 0.4) is 0 Å². The van der Waals surface area contributed by atoms with E-state index in [0.717, 1.165) is 31.4 Å². The zero-order chi connectivity index (χ0) is 13.3. The van der Waals surface area contributed by atoms with Crippen LogP contribution in [0.4, 0.5) is 0 Å². The number of hydrogen-bond acceptors (Lipinski definition) is 3. The van der Waals surface area contributed by atoms with Gasteiger partial charge < -0.3 is 14.8 Å². The summed E-state index contributed by atoms with van der Waals surface area (Å²) < 4.78 is 11.5. The minimum atomic E-state index is -0.171. The van der Waals surface area contributed by atoms with E-state index in [1.165, 1.54) is 18.4 Å². The number of nitrogens with one attached hydrogen (secondary N) is 1. The molecule has 2 aliphatic heterocycles. The summed E-state index contributed by atoms with van der Waals surface area (Å²) in [5, 5.41) is 3.67. The van der Waals surface area contributed by atoms with Crippen LogP contribution in [0, 0.1) is 5.92 Å². The van der Waals surface area contributed by atoms with Crippen LogP contribution >= 0.6 is 0 Å². The van der Waals surface area contributed by atoms with Gasteiger partial charge in [0.15, 0.2) is 0 Å². The summed E-state index contributed by atoms with van der Waals surface area (Å²) >= 11 is 0. The quantitative estimate of drug-likeness (QED) is 0.904. The summed E-state index contributed by atoms with van der Waals surface area (Å²) in [5.74, 6) is 1.75. The van der Waals surface area contributed by atoms with Gasteiger partial charge in [0.1, 0.15) is 11.4 Å². The van der Waals surface area contributed by atoms with Crippen LogP contribution in [0.2, 0.25) is 0 Å². The first-order valence-corrected chi connectivity index (χ1v) is 7.26. The lowest BCUT2D eigenvalue weighted by molar-refractivity contribution is 0.0956. The molecule has 0 radical (unpaired) electrons. The number of hydrogen-bond donors (Lipinski definition) is 1. The first-order valence-electron chi connectivity index (χ1n) is 7.26. The molecule has 0 spiro atoms. The number of rotatable bonds is 4. The fraction of sp³-hybridized carbons (Fsp3) is 0.625. The average molecular weight is 261 g/mol. The van der Waals surface area contributed by atoms with Crippen molar-refractivity contribution in [1.82, 2.24) is 5.32 Å². The van der Waals surface area contributed by atoms with E-state index in [2.05, 4.69) is 37.4 Å². The first kappa shape index (κ1) is 12.9. The molecule has 3 heteroatoms. The van der Waals surface area contributed by atoms with E-state index < -0.39 is 0 Å². The number of ether oxygens (including phenoxy) is 2. The molecule has 2 atom stereocenters. The lowest BCUT2D eigenvalue weighted by Crippen LogP contribution is -2.39. The summed E-state index contributed by atoms with van der Waals surface area (Å²) in [6.07, 6.45) is 2.40. The first-order chi connectivity index (χ1) is 9.17. The third kappa shape index (κ3) is 2.63. The van der Waals surface area contributed by atoms with Gasteiger partial charge in [0.2, 0.25) is 0 Å². The van der Waals surface area contributed by atoms with Crippen molar-refractivity contribution in [3.05, 3.63) is 29.8 Å². The number of fused-ring (bicyclic) bond motifs is 1. The topological polar surface area (TPSA) is 30.5 Å². The predicted molar refractivity (Wildman–Crippen MR) is 75.4 cm³/mol. The van der Waals surface area contributed by atoms with Crippen molar-refractivity contribution < 1.29 is 9.47 Å². The molecule has 19 heavy (non-hydrogen) atoms. The summed E-state index contributed by atoms with van der Waals surface area (Å²) in [4.78, 5) is 0. The number of benzene rings is 1. The monoisotopic (exact) mass is 261 g/mol. The summed E-state index contributed by atoms with van der Waals surface area (Å²) in [6, 6.07) is 8.63. The fourth-order valence-electron chi connectivity index (χ4n) is 3.13. The second-order valence-corrected chi connectivity index (χ2v) is 6.15. The van der Waals surface area contributed by atoms with Crippen molar-refractivity contribution >= 4 is 0 Å². The van der Waals surface area contributed by atoms with Crippen LogP contribution in [-0.4, -0.2) is 25.4 Å². The van der Waals surface area contributed by atoms with Crippen LogP contribution < -0.4 is 10.1 Å². The lowest BCUT2D eigenvalue weighted by atomic mass is 9.94. The van der Waals surface area contributed by atoms with E-state index in [-0.39, 0.29) is 11.6 Å². The zero-order valence-electron chi connectivity index (χ0n) is 11.8. The Hall–Kier alpha value is -1.06. The molecule has 1 saturated heterocycles. The van der Waals surface area contributed by atoms with Crippen molar-refractivity contribution in [1.29, 1.82) is 0 Å². The minimum absolute atomic E-state index is 0.171. The molecule has 2 aliphatic rings. The molecule has 0 bridgehead atoms. The van der Waals surface area contributed by atoms with E-state index in [0.29, 0.717) is 0 Å². The number of para-hydroxylation sites is 1. The Balaban J connectivity index is 1.62. The van der Waals surface area contributed by atoms with Crippen LogP contribution in [-0.2, 0) is 4.74 Å². The highest BCUT2D eigenvalue weighted by atomic mass is 16.5. The third-order valence-electron chi connectivity index (χ3n) is 4.22. The molecule has 0 aromatic heterocycles. The standard InChI is InChI=1S/C16H23NO2/c1-16(2)15(13-5-3-4-6-14(13)19-16)17-9-7-12-8-10-18-11-12/h3-6,12,15,17H,7-11H2,1-2H3. The third-order valence-corrected chi connectivity index (χ3v) is 4.22. The van der Waals surface area contributed by atoms with Crippen molar-refractivity contribution in [2.24, 2.45) is 5.92 Å². The smallest absolute Gasteiger partial charge is 0.125 e. The maximum absolute atomic E-state index is 6.04. The van der Waals surface area contributed by atoms with Crippen LogP contribution in [0.15, 0.2) is 24.3 Å². The molecule has 1 fully saturated rings. The second kappa shape index (κ2) is 5.14. The van der Waals surface area contributed by atoms with Gasteiger partial charge in [-0.15, -0.1) is 0 Å². The molecular weight excluding hydrogens is 238 g/mol. The SMILES string of the molecule is CC1(C)Oc2ccccc2C1NCCC1CCOC1. The molecule has 104 valence electrons. The van der Waals surface area contributed by atoms with Gasteiger partial charge in [-0.05, 0) is 45.2 Å². The van der Waals surface area contributed by atoms with Crippen LogP contribution in [0.1, 0.15) is 38.3 Å².